The zero-order valence-corrected chi connectivity index (χ0v) is 15.9. The SMILES string of the molecule is CN(C)C(CNC(=O)N1CCC(C#N)(c2ccccc2)CC1)c1ccco1. The van der Waals surface area contributed by atoms with Crippen molar-refractivity contribution in [1.82, 2.24) is 15.1 Å². The first-order valence-corrected chi connectivity index (χ1v) is 9.25. The molecule has 1 fully saturated rings. The first kappa shape index (κ1) is 19.0. The van der Waals surface area contributed by atoms with E-state index in [2.05, 4.69) is 11.4 Å². The number of rotatable bonds is 5. The molecule has 1 aliphatic heterocycles. The lowest BCUT2D eigenvalue weighted by molar-refractivity contribution is 0.166. The number of urea groups is 1. The van der Waals surface area contributed by atoms with Crippen molar-refractivity contribution in [2.24, 2.45) is 0 Å². The van der Waals surface area contributed by atoms with Crippen LogP contribution < -0.4 is 5.32 Å². The molecule has 2 aromatic rings. The average molecular weight is 366 g/mol. The zero-order chi connectivity index (χ0) is 19.3. The Labute approximate surface area is 160 Å². The maximum atomic E-state index is 12.6. The second kappa shape index (κ2) is 8.28. The summed E-state index contributed by atoms with van der Waals surface area (Å²) >= 11 is 0. The van der Waals surface area contributed by atoms with Crippen LogP contribution in [0.15, 0.2) is 53.1 Å². The topological polar surface area (TPSA) is 72.5 Å². The maximum Gasteiger partial charge on any atom is 0.317 e. The molecule has 1 saturated heterocycles. The second-order valence-electron chi connectivity index (χ2n) is 7.23. The summed E-state index contributed by atoms with van der Waals surface area (Å²) in [5, 5.41) is 12.8. The molecule has 1 aromatic carbocycles. The number of hydrogen-bond acceptors (Lipinski definition) is 4. The Balaban J connectivity index is 1.58. The van der Waals surface area contributed by atoms with E-state index < -0.39 is 5.41 Å². The molecule has 1 N–H and O–H groups in total. The van der Waals surface area contributed by atoms with E-state index in [1.54, 1.807) is 11.2 Å². The highest BCUT2D eigenvalue weighted by Gasteiger charge is 2.37. The quantitative estimate of drug-likeness (QED) is 0.882. The third-order valence-electron chi connectivity index (χ3n) is 5.39. The zero-order valence-electron chi connectivity index (χ0n) is 15.9. The maximum absolute atomic E-state index is 12.6. The van der Waals surface area contributed by atoms with Gasteiger partial charge in [-0.15, -0.1) is 0 Å². The second-order valence-corrected chi connectivity index (χ2v) is 7.23. The summed E-state index contributed by atoms with van der Waals surface area (Å²) in [5.74, 6) is 0.825. The summed E-state index contributed by atoms with van der Waals surface area (Å²) in [6.45, 7) is 1.61. The van der Waals surface area contributed by atoms with Crippen LogP contribution in [-0.2, 0) is 5.41 Å². The van der Waals surface area contributed by atoms with Gasteiger partial charge in [-0.05, 0) is 44.6 Å². The molecule has 1 aromatic heterocycles. The monoisotopic (exact) mass is 366 g/mol. The summed E-state index contributed by atoms with van der Waals surface area (Å²) in [6.07, 6.45) is 2.94. The summed E-state index contributed by atoms with van der Waals surface area (Å²) in [4.78, 5) is 16.4. The molecule has 27 heavy (non-hydrogen) atoms. The fraction of sp³-hybridized carbons (Fsp3) is 0.429. The van der Waals surface area contributed by atoms with Crippen LogP contribution in [0, 0.1) is 11.3 Å². The Morgan fingerprint density at radius 2 is 1.96 bits per heavy atom. The van der Waals surface area contributed by atoms with Gasteiger partial charge in [-0.2, -0.15) is 5.26 Å². The molecule has 6 heteroatoms. The van der Waals surface area contributed by atoms with E-state index in [4.69, 9.17) is 4.42 Å². The predicted octanol–water partition coefficient (Wildman–Crippen LogP) is 3.15. The molecular weight excluding hydrogens is 340 g/mol. The van der Waals surface area contributed by atoms with E-state index in [9.17, 15) is 10.1 Å². The molecule has 1 aliphatic rings. The highest BCUT2D eigenvalue weighted by atomic mass is 16.3. The molecule has 0 bridgehead atoms. The third-order valence-corrected chi connectivity index (χ3v) is 5.39. The number of piperidine rings is 1. The Kier molecular flexibility index (Phi) is 5.82. The fourth-order valence-corrected chi connectivity index (χ4v) is 3.63. The van der Waals surface area contributed by atoms with Crippen LogP contribution in [0.25, 0.3) is 0 Å². The van der Waals surface area contributed by atoms with E-state index in [1.807, 2.05) is 61.5 Å². The highest BCUT2D eigenvalue weighted by molar-refractivity contribution is 5.74. The molecule has 2 heterocycles. The molecule has 6 nitrogen and oxygen atoms in total. The largest absolute Gasteiger partial charge is 0.468 e. The van der Waals surface area contributed by atoms with E-state index >= 15 is 0 Å². The fourth-order valence-electron chi connectivity index (χ4n) is 3.63. The number of carbonyl (C=O) groups is 1. The Morgan fingerprint density at radius 1 is 1.26 bits per heavy atom. The third kappa shape index (κ3) is 4.15. The van der Waals surface area contributed by atoms with Crippen molar-refractivity contribution >= 4 is 6.03 Å². The summed E-state index contributed by atoms with van der Waals surface area (Å²) in [6, 6.07) is 16.0. The Bertz CT molecular complexity index is 772. The van der Waals surface area contributed by atoms with Gasteiger partial charge in [0.15, 0.2) is 0 Å². The number of amides is 2. The lowest BCUT2D eigenvalue weighted by Crippen LogP contribution is -2.49. The van der Waals surface area contributed by atoms with Crippen molar-refractivity contribution in [3.8, 4) is 6.07 Å². The van der Waals surface area contributed by atoms with Crippen LogP contribution >= 0.6 is 0 Å². The van der Waals surface area contributed by atoms with Gasteiger partial charge in [-0.25, -0.2) is 4.79 Å². The summed E-state index contributed by atoms with van der Waals surface area (Å²) in [5.41, 5.74) is 0.538. The number of carbonyl (C=O) groups excluding carboxylic acids is 1. The molecule has 142 valence electrons. The molecule has 0 saturated carbocycles. The molecule has 1 unspecified atom stereocenters. The number of hydrogen-bond donors (Lipinski definition) is 1. The van der Waals surface area contributed by atoms with Crippen molar-refractivity contribution in [2.75, 3.05) is 33.7 Å². The number of nitrogens with one attached hydrogen (secondary N) is 1. The minimum Gasteiger partial charge on any atom is -0.468 e. The van der Waals surface area contributed by atoms with Gasteiger partial charge in [-0.3, -0.25) is 4.90 Å². The number of likely N-dealkylation sites (tertiary alicyclic amines) is 1. The van der Waals surface area contributed by atoms with Gasteiger partial charge < -0.3 is 14.6 Å². The van der Waals surface area contributed by atoms with Crippen LogP contribution in [-0.4, -0.2) is 49.6 Å². The Morgan fingerprint density at radius 3 is 2.52 bits per heavy atom. The molecule has 2 amide bonds. The first-order chi connectivity index (χ1) is 13.1. The normalized spacial score (nSPS) is 17.3. The predicted molar refractivity (Wildman–Crippen MR) is 103 cm³/mol. The van der Waals surface area contributed by atoms with Gasteiger partial charge in [0.1, 0.15) is 5.76 Å². The lowest BCUT2D eigenvalue weighted by Gasteiger charge is -2.37. The van der Waals surface area contributed by atoms with Crippen LogP contribution in [0.1, 0.15) is 30.2 Å². The van der Waals surface area contributed by atoms with Gasteiger partial charge in [0.25, 0.3) is 0 Å². The minimum atomic E-state index is -0.502. The van der Waals surface area contributed by atoms with Crippen LogP contribution in [0.3, 0.4) is 0 Å². The van der Waals surface area contributed by atoms with Gasteiger partial charge in [0, 0.05) is 19.6 Å². The van der Waals surface area contributed by atoms with Crippen molar-refractivity contribution in [3.63, 3.8) is 0 Å². The van der Waals surface area contributed by atoms with Gasteiger partial charge in [-0.1, -0.05) is 30.3 Å². The molecule has 3 rings (SSSR count). The standard InChI is InChI=1S/C21H26N4O2/c1-24(2)18(19-9-6-14-27-19)15-23-20(26)25-12-10-21(16-22,11-13-25)17-7-4-3-5-8-17/h3-9,14,18H,10-13,15H2,1-2H3,(H,23,26). The van der Waals surface area contributed by atoms with Crippen LogP contribution in [0.2, 0.25) is 0 Å². The Hall–Kier alpha value is -2.78. The number of nitriles is 1. The highest BCUT2D eigenvalue weighted by Crippen LogP contribution is 2.34. The molecule has 0 spiro atoms. The molecular formula is C21H26N4O2. The summed E-state index contributed by atoms with van der Waals surface area (Å²) in [7, 11) is 3.92. The smallest absolute Gasteiger partial charge is 0.317 e. The van der Waals surface area contributed by atoms with Crippen molar-refractivity contribution < 1.29 is 9.21 Å². The first-order valence-electron chi connectivity index (χ1n) is 9.25. The number of benzene rings is 1. The number of likely N-dealkylation sites (N-methyl/N-ethyl adjacent to an activating group) is 1. The van der Waals surface area contributed by atoms with Crippen LogP contribution in [0.4, 0.5) is 4.79 Å². The summed E-state index contributed by atoms with van der Waals surface area (Å²) < 4.78 is 5.48. The minimum absolute atomic E-state index is 0.0174. The van der Waals surface area contributed by atoms with E-state index in [0.717, 1.165) is 11.3 Å². The van der Waals surface area contributed by atoms with Gasteiger partial charge in [0.05, 0.1) is 23.8 Å². The van der Waals surface area contributed by atoms with E-state index in [1.165, 1.54) is 0 Å². The average Bonchev–Trinajstić information content (AvgIpc) is 3.23. The molecule has 0 radical (unpaired) electrons. The van der Waals surface area contributed by atoms with E-state index in [-0.39, 0.29) is 12.1 Å². The van der Waals surface area contributed by atoms with E-state index in [0.29, 0.717) is 32.5 Å². The lowest BCUT2D eigenvalue weighted by atomic mass is 9.74. The van der Waals surface area contributed by atoms with Crippen LogP contribution in [0.5, 0.6) is 0 Å². The molecule has 1 atom stereocenters. The van der Waals surface area contributed by atoms with Crippen molar-refractivity contribution in [3.05, 3.63) is 60.1 Å². The van der Waals surface area contributed by atoms with Gasteiger partial charge >= 0.3 is 6.03 Å². The number of nitrogens with zero attached hydrogens (tertiary/aromatic N) is 3. The van der Waals surface area contributed by atoms with Crippen molar-refractivity contribution in [2.45, 2.75) is 24.3 Å². The van der Waals surface area contributed by atoms with Crippen molar-refractivity contribution in [1.29, 1.82) is 5.26 Å². The molecule has 0 aliphatic carbocycles. The van der Waals surface area contributed by atoms with Gasteiger partial charge in [0.2, 0.25) is 0 Å². The number of furan rings is 1.